The van der Waals surface area contributed by atoms with Crippen molar-refractivity contribution >= 4 is 0 Å². The largest absolute Gasteiger partial charge is 0.379 e. The quantitative estimate of drug-likeness (QED) is 0.0600. The average molecular weight is 1130 g/mol. The zero-order valence-electron chi connectivity index (χ0n) is 53.1. The van der Waals surface area contributed by atoms with E-state index in [9.17, 15) is 0 Å². The van der Waals surface area contributed by atoms with Crippen molar-refractivity contribution < 1.29 is 75.8 Å². The number of hydrogen-bond donors (Lipinski definition) is 1. The highest BCUT2D eigenvalue weighted by atomic mass is 16.6. The van der Waals surface area contributed by atoms with E-state index in [0.717, 1.165) is 52.0 Å². The fourth-order valence-electron chi connectivity index (χ4n) is 7.32. The molecule has 0 saturated heterocycles. The summed E-state index contributed by atoms with van der Waals surface area (Å²) in [5.41, 5.74) is -0.913. The Balaban J connectivity index is 4.80. The second-order valence-electron chi connectivity index (χ2n) is 24.5. The molecule has 0 aliphatic rings. The molecule has 0 rings (SSSR count). The summed E-state index contributed by atoms with van der Waals surface area (Å²) in [6, 6.07) is 0. The molecule has 0 atom stereocenters. The van der Waals surface area contributed by atoms with Gasteiger partial charge in [0, 0.05) is 75.8 Å². The van der Waals surface area contributed by atoms with Crippen molar-refractivity contribution in [1.82, 2.24) is 15.1 Å². The van der Waals surface area contributed by atoms with E-state index in [4.69, 9.17) is 75.8 Å². The Morgan fingerprint density at radius 2 is 0.513 bits per heavy atom. The molecule has 0 heterocycles. The highest BCUT2D eigenvalue weighted by Gasteiger charge is 2.35. The van der Waals surface area contributed by atoms with Crippen molar-refractivity contribution in [3.8, 4) is 0 Å². The number of nitrogens with zero attached hydrogens (tertiary/aromatic N) is 2. The molecular formula is C59H123N3O16. The van der Waals surface area contributed by atoms with E-state index in [1.54, 1.807) is 0 Å². The molecule has 0 aliphatic heterocycles. The Morgan fingerprint density at radius 1 is 0.256 bits per heavy atom. The van der Waals surface area contributed by atoms with Crippen molar-refractivity contribution in [2.75, 3.05) is 224 Å². The number of ether oxygens (including phenoxy) is 16. The number of nitrogens with one attached hydrogen (secondary N) is 1. The molecule has 0 radical (unpaired) electrons. The molecule has 0 aliphatic carbocycles. The number of hydrogen-bond acceptors (Lipinski definition) is 19. The van der Waals surface area contributed by atoms with Gasteiger partial charge in [0.15, 0.2) is 0 Å². The Labute approximate surface area is 477 Å². The van der Waals surface area contributed by atoms with Crippen LogP contribution in [-0.2, 0) is 75.8 Å². The standard InChI is InChI=1S/C59H123N3O16/c1-54(2,3)61(21-28-68-36-39-70-40-41-71-42-43-72-44-45-75-48-51-78-57(10,11)12)53-59(15,16)62(22-29-69-35-31-65-25-19-26-66-33-38-74-47-50-77-56(7,8)9)52-58(13,14)60-20-27-67-34-30-63-23-17-18-24-64-32-37-73-46-49-76-55(4,5)6/h60H,17-53H2,1-16H3. The third-order valence-corrected chi connectivity index (χ3v) is 11.5. The third-order valence-electron chi connectivity index (χ3n) is 11.5. The van der Waals surface area contributed by atoms with Gasteiger partial charge in [-0.1, -0.05) is 0 Å². The van der Waals surface area contributed by atoms with Crippen molar-refractivity contribution in [3.63, 3.8) is 0 Å². The Morgan fingerprint density at radius 3 is 0.821 bits per heavy atom. The zero-order valence-corrected chi connectivity index (χ0v) is 53.1. The van der Waals surface area contributed by atoms with Crippen LogP contribution in [0.2, 0.25) is 0 Å². The molecule has 0 fully saturated rings. The van der Waals surface area contributed by atoms with Crippen LogP contribution in [-0.4, -0.2) is 268 Å². The molecule has 0 spiro atoms. The lowest BCUT2D eigenvalue weighted by Crippen LogP contribution is -2.61. The predicted molar refractivity (Wildman–Crippen MR) is 311 cm³/mol. The first-order chi connectivity index (χ1) is 36.8. The maximum absolute atomic E-state index is 6.18. The Hall–Kier alpha value is -0.760. The summed E-state index contributed by atoms with van der Waals surface area (Å²) in [5.74, 6) is 0. The molecule has 19 heteroatoms. The van der Waals surface area contributed by atoms with E-state index in [2.05, 4.69) is 63.6 Å². The van der Waals surface area contributed by atoms with Crippen LogP contribution in [0.25, 0.3) is 0 Å². The summed E-state index contributed by atoms with van der Waals surface area (Å²) in [5, 5.41) is 3.76. The molecule has 0 aromatic carbocycles. The van der Waals surface area contributed by atoms with Crippen LogP contribution < -0.4 is 5.32 Å². The molecule has 0 unspecified atom stereocenters. The summed E-state index contributed by atoms with van der Waals surface area (Å²) in [6.07, 6.45) is 2.72. The lowest BCUT2D eigenvalue weighted by Gasteiger charge is -2.48. The monoisotopic (exact) mass is 1130 g/mol. The van der Waals surface area contributed by atoms with Crippen LogP contribution in [0.3, 0.4) is 0 Å². The first-order valence-electron chi connectivity index (χ1n) is 29.5. The van der Waals surface area contributed by atoms with Crippen LogP contribution in [0.5, 0.6) is 0 Å². The highest BCUT2D eigenvalue weighted by Crippen LogP contribution is 2.24. The van der Waals surface area contributed by atoms with Crippen molar-refractivity contribution in [2.24, 2.45) is 0 Å². The van der Waals surface area contributed by atoms with E-state index in [1.165, 1.54) is 0 Å². The van der Waals surface area contributed by atoms with E-state index in [-0.39, 0.29) is 33.4 Å². The minimum absolute atomic E-state index is 0.0764. The van der Waals surface area contributed by atoms with Gasteiger partial charge in [0.1, 0.15) is 0 Å². The van der Waals surface area contributed by atoms with Crippen molar-refractivity contribution in [1.29, 1.82) is 0 Å². The minimum Gasteiger partial charge on any atom is -0.379 e. The Bertz CT molecular complexity index is 1290. The number of rotatable bonds is 57. The second-order valence-corrected chi connectivity index (χ2v) is 24.5. The van der Waals surface area contributed by atoms with Gasteiger partial charge in [-0.25, -0.2) is 0 Å². The molecule has 19 nitrogen and oxygen atoms in total. The zero-order chi connectivity index (χ0) is 58.3. The fraction of sp³-hybridized carbons (Fsp3) is 1.00. The molecule has 0 saturated carbocycles. The maximum atomic E-state index is 6.18. The molecular weight excluding hydrogens is 1010 g/mol. The van der Waals surface area contributed by atoms with Gasteiger partial charge in [-0.3, -0.25) is 9.80 Å². The molecule has 1 N–H and O–H groups in total. The van der Waals surface area contributed by atoms with Crippen molar-refractivity contribution in [2.45, 2.75) is 163 Å². The Kier molecular flexibility index (Phi) is 47.1. The van der Waals surface area contributed by atoms with Gasteiger partial charge in [-0.2, -0.15) is 0 Å². The van der Waals surface area contributed by atoms with Crippen LogP contribution in [0.4, 0.5) is 0 Å². The predicted octanol–water partition coefficient (Wildman–Crippen LogP) is 7.37. The topological polar surface area (TPSA) is 166 Å². The van der Waals surface area contributed by atoms with E-state index in [1.807, 2.05) is 62.3 Å². The summed E-state index contributed by atoms with van der Waals surface area (Å²) >= 11 is 0. The van der Waals surface area contributed by atoms with Crippen LogP contribution in [0.15, 0.2) is 0 Å². The van der Waals surface area contributed by atoms with Gasteiger partial charge in [0.25, 0.3) is 0 Å². The van der Waals surface area contributed by atoms with Gasteiger partial charge in [-0.05, 0) is 130 Å². The first kappa shape index (κ1) is 77.2. The second kappa shape index (κ2) is 47.6. The SMILES string of the molecule is CC(C)(CN(CCOCCOCCCOCCOCCOC(C)(C)C)C(C)(C)CN(CCOCCOCCOCCOCCOCCOC(C)(C)C)C(C)(C)C)NCCOCCOCCCCOCCOCCOC(C)(C)C. The summed E-state index contributed by atoms with van der Waals surface area (Å²) < 4.78 is 92.0. The summed E-state index contributed by atoms with van der Waals surface area (Å²) in [4.78, 5) is 5.08. The molecule has 0 amide bonds. The van der Waals surface area contributed by atoms with E-state index in [0.29, 0.717) is 192 Å². The molecule has 470 valence electrons. The lowest BCUT2D eigenvalue weighted by molar-refractivity contribution is -0.0466. The van der Waals surface area contributed by atoms with Gasteiger partial charge in [0.2, 0.25) is 0 Å². The van der Waals surface area contributed by atoms with Crippen LogP contribution in [0, 0.1) is 0 Å². The smallest absolute Gasteiger partial charge is 0.0707 e. The maximum Gasteiger partial charge on any atom is 0.0707 e. The minimum atomic E-state index is -0.199. The first-order valence-corrected chi connectivity index (χ1v) is 29.5. The van der Waals surface area contributed by atoms with Crippen molar-refractivity contribution in [3.05, 3.63) is 0 Å². The highest BCUT2D eigenvalue weighted by molar-refractivity contribution is 4.93. The van der Waals surface area contributed by atoms with Gasteiger partial charge >= 0.3 is 0 Å². The van der Waals surface area contributed by atoms with Gasteiger partial charge in [0.05, 0.1) is 182 Å². The lowest BCUT2D eigenvalue weighted by atomic mass is 9.94. The van der Waals surface area contributed by atoms with E-state index >= 15 is 0 Å². The normalized spacial score (nSPS) is 13.3. The number of unbranched alkanes of at least 4 members (excludes halogenated alkanes) is 1. The van der Waals surface area contributed by atoms with Gasteiger partial charge in [-0.15, -0.1) is 0 Å². The molecule has 0 aromatic heterocycles. The molecule has 78 heavy (non-hydrogen) atoms. The van der Waals surface area contributed by atoms with Gasteiger partial charge < -0.3 is 81.1 Å². The van der Waals surface area contributed by atoms with E-state index < -0.39 is 0 Å². The summed E-state index contributed by atoms with van der Waals surface area (Å²) in [7, 11) is 0. The molecule has 0 aromatic rings. The van der Waals surface area contributed by atoms with Crippen LogP contribution in [0.1, 0.15) is 130 Å². The third kappa shape index (κ3) is 55.8. The van der Waals surface area contributed by atoms with Crippen LogP contribution >= 0.6 is 0 Å². The average Bonchev–Trinajstić information content (AvgIpc) is 3.33. The summed E-state index contributed by atoms with van der Waals surface area (Å²) in [6.45, 7) is 54.9. The fourth-order valence-corrected chi connectivity index (χ4v) is 7.32. The molecule has 0 bridgehead atoms.